The lowest BCUT2D eigenvalue weighted by molar-refractivity contribution is -0.115. The number of amides is 1. The summed E-state index contributed by atoms with van der Waals surface area (Å²) in [7, 11) is 3.33. The number of nitrogens with one attached hydrogen (secondary N) is 1. The van der Waals surface area contributed by atoms with Crippen LogP contribution in [0.1, 0.15) is 10.4 Å². The molecule has 0 aliphatic carbocycles. The van der Waals surface area contributed by atoms with Gasteiger partial charge in [-0.3, -0.25) is 4.79 Å². The predicted octanol–water partition coefficient (Wildman–Crippen LogP) is 2.53. The molecule has 1 aliphatic heterocycles. The lowest BCUT2D eigenvalue weighted by Gasteiger charge is -2.35. The van der Waals surface area contributed by atoms with Gasteiger partial charge in [0.25, 0.3) is 9.70 Å². The van der Waals surface area contributed by atoms with Gasteiger partial charge in [-0.25, -0.2) is 4.79 Å². The number of carbonyl (C=O) groups excluding carboxylic acids is 2. The zero-order valence-corrected chi connectivity index (χ0v) is 15.6. The molecule has 1 fully saturated rings. The van der Waals surface area contributed by atoms with Gasteiger partial charge < -0.3 is 19.9 Å². The average Bonchev–Trinajstić information content (AvgIpc) is 2.54. The van der Waals surface area contributed by atoms with Gasteiger partial charge in [-0.1, -0.05) is 34.8 Å². The van der Waals surface area contributed by atoms with Crippen molar-refractivity contribution in [2.24, 2.45) is 0 Å². The van der Waals surface area contributed by atoms with E-state index in [0.717, 1.165) is 31.9 Å². The fraction of sp³-hybridized carbons (Fsp3) is 0.467. The number of alkyl halides is 3. The number of methoxy groups -OCH3 is 1. The van der Waals surface area contributed by atoms with E-state index in [1.54, 1.807) is 12.1 Å². The Morgan fingerprint density at radius 3 is 2.33 bits per heavy atom. The number of benzene rings is 1. The van der Waals surface area contributed by atoms with Crippen LogP contribution in [0.25, 0.3) is 0 Å². The minimum Gasteiger partial charge on any atom is -0.465 e. The molecule has 0 aromatic heterocycles. The standard InChI is InChI=1S/C15H18Cl3N3O3/c1-20-5-7-21(8-6-20)12-4-3-10(13(22)24-2)9-11(12)19-14(23)15(16,17)18/h3-4,9H,5-8H2,1-2H3,(H,19,23). The number of esters is 1. The van der Waals surface area contributed by atoms with Crippen molar-refractivity contribution in [1.29, 1.82) is 0 Å². The summed E-state index contributed by atoms with van der Waals surface area (Å²) in [6, 6.07) is 4.92. The topological polar surface area (TPSA) is 61.9 Å². The van der Waals surface area contributed by atoms with Crippen LogP contribution in [0, 0.1) is 0 Å². The molecule has 1 heterocycles. The van der Waals surface area contributed by atoms with E-state index in [-0.39, 0.29) is 0 Å². The summed E-state index contributed by atoms with van der Waals surface area (Å²) in [5, 5.41) is 2.58. The first kappa shape index (κ1) is 19.1. The molecular formula is C15H18Cl3N3O3. The summed E-state index contributed by atoms with van der Waals surface area (Å²) < 4.78 is 2.62. The van der Waals surface area contributed by atoms with E-state index in [9.17, 15) is 9.59 Å². The van der Waals surface area contributed by atoms with Crippen LogP contribution in [0.3, 0.4) is 0 Å². The summed E-state index contributed by atoms with van der Waals surface area (Å²) in [6.07, 6.45) is 0. The predicted molar refractivity (Wildman–Crippen MR) is 96.4 cm³/mol. The van der Waals surface area contributed by atoms with Crippen LogP contribution in [0.15, 0.2) is 18.2 Å². The molecule has 1 aliphatic rings. The van der Waals surface area contributed by atoms with Gasteiger partial charge in [-0.05, 0) is 25.2 Å². The third kappa shape index (κ3) is 4.66. The number of carbonyl (C=O) groups is 2. The molecule has 2 rings (SSSR count). The van der Waals surface area contributed by atoms with Crippen molar-refractivity contribution in [2.45, 2.75) is 3.79 Å². The van der Waals surface area contributed by atoms with Crippen LogP contribution in [0.2, 0.25) is 0 Å². The zero-order valence-electron chi connectivity index (χ0n) is 13.3. The second-order valence-corrected chi connectivity index (χ2v) is 7.75. The van der Waals surface area contributed by atoms with E-state index in [2.05, 4.69) is 15.1 Å². The van der Waals surface area contributed by atoms with E-state index in [1.165, 1.54) is 13.2 Å². The van der Waals surface area contributed by atoms with Crippen molar-refractivity contribution >= 4 is 58.1 Å². The Kier molecular flexibility index (Phi) is 6.20. The molecule has 9 heteroatoms. The van der Waals surface area contributed by atoms with Crippen LogP contribution in [0.4, 0.5) is 11.4 Å². The number of piperazine rings is 1. The lowest BCUT2D eigenvalue weighted by atomic mass is 10.1. The van der Waals surface area contributed by atoms with Crippen LogP contribution in [-0.4, -0.2) is 60.9 Å². The van der Waals surface area contributed by atoms with Crippen molar-refractivity contribution in [3.8, 4) is 0 Å². The minimum absolute atomic E-state index is 0.301. The first-order valence-electron chi connectivity index (χ1n) is 7.26. The molecule has 1 N–H and O–H groups in total. The van der Waals surface area contributed by atoms with E-state index < -0.39 is 15.7 Å². The maximum Gasteiger partial charge on any atom is 0.337 e. The number of anilines is 2. The second-order valence-electron chi connectivity index (χ2n) is 5.47. The van der Waals surface area contributed by atoms with Crippen molar-refractivity contribution in [3.63, 3.8) is 0 Å². The van der Waals surface area contributed by atoms with Crippen LogP contribution in [-0.2, 0) is 9.53 Å². The highest BCUT2D eigenvalue weighted by atomic mass is 35.6. The normalized spacial score (nSPS) is 16.0. The van der Waals surface area contributed by atoms with Crippen molar-refractivity contribution in [1.82, 2.24) is 4.90 Å². The largest absolute Gasteiger partial charge is 0.465 e. The highest BCUT2D eigenvalue weighted by Crippen LogP contribution is 2.32. The molecule has 0 atom stereocenters. The van der Waals surface area contributed by atoms with Crippen LogP contribution in [0.5, 0.6) is 0 Å². The second kappa shape index (κ2) is 7.78. The average molecular weight is 395 g/mol. The van der Waals surface area contributed by atoms with Gasteiger partial charge >= 0.3 is 5.97 Å². The number of likely N-dealkylation sites (N-methyl/N-ethyl adjacent to an activating group) is 1. The van der Waals surface area contributed by atoms with Crippen molar-refractivity contribution in [3.05, 3.63) is 23.8 Å². The first-order valence-corrected chi connectivity index (χ1v) is 8.40. The van der Waals surface area contributed by atoms with Crippen LogP contribution < -0.4 is 10.2 Å². The maximum atomic E-state index is 12.0. The van der Waals surface area contributed by atoms with Gasteiger partial charge in [0.05, 0.1) is 24.0 Å². The number of hydrogen-bond donors (Lipinski definition) is 1. The van der Waals surface area contributed by atoms with Gasteiger partial charge in [-0.2, -0.15) is 0 Å². The third-order valence-electron chi connectivity index (χ3n) is 3.77. The van der Waals surface area contributed by atoms with Gasteiger partial charge in [0, 0.05) is 26.2 Å². The van der Waals surface area contributed by atoms with Crippen molar-refractivity contribution in [2.75, 3.05) is 50.6 Å². The molecule has 0 saturated carbocycles. The molecule has 24 heavy (non-hydrogen) atoms. The van der Waals surface area contributed by atoms with Crippen molar-refractivity contribution < 1.29 is 14.3 Å². The summed E-state index contributed by atoms with van der Waals surface area (Å²) in [4.78, 5) is 28.1. The Labute approximate surface area is 155 Å². The summed E-state index contributed by atoms with van der Waals surface area (Å²) in [6.45, 7) is 3.34. The van der Waals surface area contributed by atoms with Gasteiger partial charge in [0.15, 0.2) is 0 Å². The molecule has 1 aromatic carbocycles. The maximum absolute atomic E-state index is 12.0. The third-order valence-corrected chi connectivity index (χ3v) is 4.28. The first-order chi connectivity index (χ1) is 11.2. The molecule has 1 amide bonds. The SMILES string of the molecule is COC(=O)c1ccc(N2CCN(C)CC2)c(NC(=O)C(Cl)(Cl)Cl)c1. The Morgan fingerprint density at radius 1 is 1.17 bits per heavy atom. The van der Waals surface area contributed by atoms with Crippen LogP contribution >= 0.6 is 34.8 Å². The smallest absolute Gasteiger partial charge is 0.337 e. The lowest BCUT2D eigenvalue weighted by Crippen LogP contribution is -2.44. The van der Waals surface area contributed by atoms with Gasteiger partial charge in [-0.15, -0.1) is 0 Å². The molecule has 1 aromatic rings. The molecule has 1 saturated heterocycles. The van der Waals surface area contributed by atoms with E-state index in [0.29, 0.717) is 11.3 Å². The van der Waals surface area contributed by atoms with Gasteiger partial charge in [0.2, 0.25) is 0 Å². The fourth-order valence-electron chi connectivity index (χ4n) is 2.40. The Morgan fingerprint density at radius 2 is 1.79 bits per heavy atom. The molecule has 0 bridgehead atoms. The molecule has 0 spiro atoms. The number of ether oxygens (including phenoxy) is 1. The number of hydrogen-bond acceptors (Lipinski definition) is 5. The highest BCUT2D eigenvalue weighted by molar-refractivity contribution is 6.76. The zero-order chi connectivity index (χ0) is 17.9. The summed E-state index contributed by atoms with van der Waals surface area (Å²) in [5.41, 5.74) is 1.46. The highest BCUT2D eigenvalue weighted by Gasteiger charge is 2.32. The Balaban J connectivity index is 2.34. The van der Waals surface area contributed by atoms with Gasteiger partial charge in [0.1, 0.15) is 0 Å². The monoisotopic (exact) mass is 393 g/mol. The van der Waals surface area contributed by atoms with E-state index >= 15 is 0 Å². The number of halogens is 3. The fourth-order valence-corrected chi connectivity index (χ4v) is 2.54. The molecule has 0 unspecified atom stereocenters. The Bertz CT molecular complexity index is 626. The molecule has 6 nitrogen and oxygen atoms in total. The number of rotatable bonds is 3. The quantitative estimate of drug-likeness (QED) is 0.630. The van der Waals surface area contributed by atoms with E-state index in [1.807, 2.05) is 7.05 Å². The molecular weight excluding hydrogens is 377 g/mol. The van der Waals surface area contributed by atoms with E-state index in [4.69, 9.17) is 39.5 Å². The Hall–Kier alpha value is -1.21. The molecule has 132 valence electrons. The summed E-state index contributed by atoms with van der Waals surface area (Å²) in [5.74, 6) is -1.30. The molecule has 0 radical (unpaired) electrons. The summed E-state index contributed by atoms with van der Waals surface area (Å²) >= 11 is 16.9. The minimum atomic E-state index is -2.10. The number of nitrogens with zero attached hydrogens (tertiary/aromatic N) is 2.